The summed E-state index contributed by atoms with van der Waals surface area (Å²) in [6.45, 7) is 0. The summed E-state index contributed by atoms with van der Waals surface area (Å²) in [5, 5.41) is 11.8. The van der Waals surface area contributed by atoms with E-state index in [-0.39, 0.29) is 5.69 Å². The quantitative estimate of drug-likeness (QED) is 0.549. The Balaban J connectivity index is 2.23. The summed E-state index contributed by atoms with van der Waals surface area (Å²) < 4.78 is 14.0. The van der Waals surface area contributed by atoms with Gasteiger partial charge in [-0.25, -0.2) is 4.21 Å². The number of nitro groups is 1. The molecule has 1 heterocycles. The zero-order valence-corrected chi connectivity index (χ0v) is 11.1. The highest BCUT2D eigenvalue weighted by atomic mass is 32.2. The van der Waals surface area contributed by atoms with E-state index in [4.69, 9.17) is 0 Å². The van der Waals surface area contributed by atoms with Gasteiger partial charge >= 0.3 is 0 Å². The van der Waals surface area contributed by atoms with Gasteiger partial charge in [0, 0.05) is 17.6 Å². The normalized spacial score (nSPS) is 12.4. The first-order chi connectivity index (χ1) is 9.68. The molecule has 1 aromatic heterocycles. The molecule has 0 fully saturated rings. The van der Waals surface area contributed by atoms with Gasteiger partial charge in [-0.3, -0.25) is 14.1 Å². The molecular formula is C14H10N2O3S. The van der Waals surface area contributed by atoms with Gasteiger partial charge in [-0.15, -0.1) is 0 Å². The minimum absolute atomic E-state index is 0.0446. The summed E-state index contributed by atoms with van der Waals surface area (Å²) >= 11 is 0. The lowest BCUT2D eigenvalue weighted by molar-refractivity contribution is -0.383. The Labute approximate surface area is 117 Å². The number of non-ortho nitro benzene ring substituents is 1. The number of hydrogen-bond donors (Lipinski definition) is 0. The van der Waals surface area contributed by atoms with Crippen LogP contribution in [0.4, 0.5) is 5.69 Å². The summed E-state index contributed by atoms with van der Waals surface area (Å²) in [7, 11) is -1.50. The van der Waals surface area contributed by atoms with Crippen LogP contribution in [0, 0.1) is 10.1 Å². The Bertz CT molecular complexity index is 812. The number of aromatic nitrogens is 1. The molecule has 0 aliphatic carbocycles. The van der Waals surface area contributed by atoms with E-state index in [1.54, 1.807) is 48.7 Å². The third kappa shape index (κ3) is 2.00. The second-order valence-corrected chi connectivity index (χ2v) is 5.54. The summed E-state index contributed by atoms with van der Waals surface area (Å²) in [6.07, 6.45) is 1.61. The third-order valence-corrected chi connectivity index (χ3v) is 4.31. The van der Waals surface area contributed by atoms with Crippen molar-refractivity contribution in [2.24, 2.45) is 0 Å². The van der Waals surface area contributed by atoms with Crippen LogP contribution in [0.2, 0.25) is 0 Å². The van der Waals surface area contributed by atoms with E-state index in [1.807, 2.05) is 6.07 Å². The fourth-order valence-electron chi connectivity index (χ4n) is 2.08. The molecule has 0 bridgehead atoms. The molecule has 2 aromatic carbocycles. The molecule has 0 saturated heterocycles. The van der Waals surface area contributed by atoms with Crippen LogP contribution >= 0.6 is 0 Å². The molecule has 3 rings (SSSR count). The summed E-state index contributed by atoms with van der Waals surface area (Å²) in [5.41, 5.74) is 0.330. The number of nitro benzene ring substituents is 1. The van der Waals surface area contributed by atoms with Gasteiger partial charge in [-0.1, -0.05) is 30.3 Å². The van der Waals surface area contributed by atoms with Gasteiger partial charge in [0.25, 0.3) is 5.69 Å². The number of fused-ring (bicyclic) bond motifs is 1. The largest absolute Gasteiger partial charge is 0.294 e. The second-order valence-electron chi connectivity index (χ2n) is 4.18. The lowest BCUT2D eigenvalue weighted by Gasteiger charge is -2.05. The Morgan fingerprint density at radius 1 is 1.00 bits per heavy atom. The van der Waals surface area contributed by atoms with Gasteiger partial charge in [0.15, 0.2) is 11.0 Å². The topological polar surface area (TPSA) is 65.1 Å². The zero-order chi connectivity index (χ0) is 14.1. The SMILES string of the molecule is O=[N+]([O-])c1cccc2ccn(S(=O)c3ccccc3)c12. The van der Waals surface area contributed by atoms with Crippen molar-refractivity contribution in [1.29, 1.82) is 0 Å². The smallest absolute Gasteiger partial charge is 0.258 e. The number of rotatable bonds is 3. The van der Waals surface area contributed by atoms with Crippen LogP contribution in [-0.4, -0.2) is 13.1 Å². The molecule has 0 aliphatic heterocycles. The van der Waals surface area contributed by atoms with E-state index in [0.717, 1.165) is 0 Å². The predicted octanol–water partition coefficient (Wildman–Crippen LogP) is 3.12. The molecule has 6 heteroatoms. The van der Waals surface area contributed by atoms with Crippen LogP contribution < -0.4 is 0 Å². The maximum atomic E-state index is 12.5. The fourth-order valence-corrected chi connectivity index (χ4v) is 3.24. The Hall–Kier alpha value is -2.47. The number of nitrogens with zero attached hydrogens (tertiary/aromatic N) is 2. The van der Waals surface area contributed by atoms with Gasteiger partial charge in [0.05, 0.1) is 9.82 Å². The molecule has 100 valence electrons. The number of hydrogen-bond acceptors (Lipinski definition) is 3. The van der Waals surface area contributed by atoms with Gasteiger partial charge in [-0.05, 0) is 18.2 Å². The molecule has 1 unspecified atom stereocenters. The first-order valence-corrected chi connectivity index (χ1v) is 7.01. The average Bonchev–Trinajstić information content (AvgIpc) is 2.91. The van der Waals surface area contributed by atoms with E-state index in [0.29, 0.717) is 15.8 Å². The monoisotopic (exact) mass is 286 g/mol. The van der Waals surface area contributed by atoms with Crippen LogP contribution in [0.3, 0.4) is 0 Å². The number of benzene rings is 2. The summed E-state index contributed by atoms with van der Waals surface area (Å²) in [6, 6.07) is 15.4. The zero-order valence-electron chi connectivity index (χ0n) is 10.3. The molecule has 0 amide bonds. The first-order valence-electron chi connectivity index (χ1n) is 5.90. The first kappa shape index (κ1) is 12.6. The van der Waals surface area contributed by atoms with Gasteiger partial charge in [0.1, 0.15) is 5.52 Å². The van der Waals surface area contributed by atoms with E-state index in [9.17, 15) is 14.3 Å². The molecular weight excluding hydrogens is 276 g/mol. The highest BCUT2D eigenvalue weighted by Gasteiger charge is 2.18. The fraction of sp³-hybridized carbons (Fsp3) is 0. The van der Waals surface area contributed by atoms with Crippen molar-refractivity contribution in [2.75, 3.05) is 0 Å². The Kier molecular flexibility index (Phi) is 3.08. The lowest BCUT2D eigenvalue weighted by Crippen LogP contribution is -2.04. The van der Waals surface area contributed by atoms with Crippen molar-refractivity contribution in [3.05, 3.63) is 70.9 Å². The molecule has 0 saturated carbocycles. The van der Waals surface area contributed by atoms with Gasteiger partial charge < -0.3 is 0 Å². The third-order valence-electron chi connectivity index (χ3n) is 2.98. The standard InChI is InChI=1S/C14H10N2O3S/c17-16(18)13-8-4-5-11-9-10-15(14(11)13)20(19)12-6-2-1-3-7-12/h1-10H. The summed E-state index contributed by atoms with van der Waals surface area (Å²) in [4.78, 5) is 11.3. The van der Waals surface area contributed by atoms with Crippen LogP contribution in [0.25, 0.3) is 10.9 Å². The van der Waals surface area contributed by atoms with Crippen LogP contribution in [0.1, 0.15) is 0 Å². The van der Waals surface area contributed by atoms with Crippen molar-refractivity contribution in [1.82, 2.24) is 3.97 Å². The molecule has 0 radical (unpaired) electrons. The molecule has 0 spiro atoms. The Morgan fingerprint density at radius 2 is 1.75 bits per heavy atom. The van der Waals surface area contributed by atoms with Crippen LogP contribution in [0.5, 0.6) is 0 Å². The lowest BCUT2D eigenvalue weighted by atomic mass is 10.2. The second kappa shape index (κ2) is 4.90. The molecule has 20 heavy (non-hydrogen) atoms. The average molecular weight is 286 g/mol. The number of para-hydroxylation sites is 1. The maximum Gasteiger partial charge on any atom is 0.294 e. The van der Waals surface area contributed by atoms with Gasteiger partial charge in [-0.2, -0.15) is 0 Å². The molecule has 0 aliphatic rings. The molecule has 5 nitrogen and oxygen atoms in total. The highest BCUT2D eigenvalue weighted by Crippen LogP contribution is 2.28. The van der Waals surface area contributed by atoms with E-state index >= 15 is 0 Å². The molecule has 0 N–H and O–H groups in total. The van der Waals surface area contributed by atoms with Gasteiger partial charge in [0.2, 0.25) is 0 Å². The van der Waals surface area contributed by atoms with Crippen molar-refractivity contribution < 1.29 is 9.13 Å². The van der Waals surface area contributed by atoms with Crippen molar-refractivity contribution in [2.45, 2.75) is 4.90 Å². The van der Waals surface area contributed by atoms with Crippen molar-refractivity contribution in [3.8, 4) is 0 Å². The molecule has 1 atom stereocenters. The maximum absolute atomic E-state index is 12.5. The van der Waals surface area contributed by atoms with E-state index < -0.39 is 15.9 Å². The van der Waals surface area contributed by atoms with Crippen LogP contribution in [-0.2, 0) is 11.0 Å². The van der Waals surface area contributed by atoms with Crippen molar-refractivity contribution >= 4 is 27.6 Å². The van der Waals surface area contributed by atoms with Crippen molar-refractivity contribution in [3.63, 3.8) is 0 Å². The minimum Gasteiger partial charge on any atom is -0.258 e. The summed E-state index contributed by atoms with van der Waals surface area (Å²) in [5.74, 6) is 0. The Morgan fingerprint density at radius 3 is 2.45 bits per heavy atom. The molecule has 3 aromatic rings. The van der Waals surface area contributed by atoms with E-state index in [2.05, 4.69) is 0 Å². The highest BCUT2D eigenvalue weighted by molar-refractivity contribution is 7.83. The van der Waals surface area contributed by atoms with E-state index in [1.165, 1.54) is 10.0 Å². The minimum atomic E-state index is -1.50. The van der Waals surface area contributed by atoms with Crippen LogP contribution in [0.15, 0.2) is 65.7 Å². The predicted molar refractivity (Wildman–Crippen MR) is 76.8 cm³/mol.